The summed E-state index contributed by atoms with van der Waals surface area (Å²) in [6.45, 7) is 0.502. The van der Waals surface area contributed by atoms with Crippen molar-refractivity contribution in [1.29, 1.82) is 5.26 Å². The molecule has 1 amide bonds. The minimum absolute atomic E-state index is 0.120. The lowest BCUT2D eigenvalue weighted by molar-refractivity contribution is -0.129. The van der Waals surface area contributed by atoms with Crippen LogP contribution in [0.2, 0.25) is 0 Å². The molecule has 5 nitrogen and oxygen atoms in total. The number of nitrogens with one attached hydrogen (secondary N) is 2. The molecule has 0 spiro atoms. The van der Waals surface area contributed by atoms with Crippen LogP contribution in [0, 0.1) is 16.7 Å². The van der Waals surface area contributed by atoms with E-state index in [0.717, 1.165) is 36.1 Å². The number of benzene rings is 1. The number of nitriles is 1. The lowest BCUT2D eigenvalue weighted by Crippen LogP contribution is -2.42. The van der Waals surface area contributed by atoms with Gasteiger partial charge in [0, 0.05) is 13.0 Å². The average molecular weight is 296 g/mol. The number of imidazole rings is 1. The van der Waals surface area contributed by atoms with Gasteiger partial charge in [0.1, 0.15) is 11.2 Å². The number of fused-ring (bicyclic) bond motifs is 1. The highest BCUT2D eigenvalue weighted by molar-refractivity contribution is 5.85. The predicted molar refractivity (Wildman–Crippen MR) is 83.9 cm³/mol. The van der Waals surface area contributed by atoms with Gasteiger partial charge in [-0.3, -0.25) is 4.79 Å². The van der Waals surface area contributed by atoms with Crippen LogP contribution in [-0.2, 0) is 11.2 Å². The molecular formula is C17H20N4O. The molecule has 0 atom stereocenters. The number of amides is 1. The largest absolute Gasteiger partial charge is 0.354 e. The van der Waals surface area contributed by atoms with Gasteiger partial charge in [-0.15, -0.1) is 0 Å². The Bertz CT molecular complexity index is 674. The van der Waals surface area contributed by atoms with Crippen LogP contribution in [0.1, 0.15) is 37.9 Å². The van der Waals surface area contributed by atoms with Gasteiger partial charge in [-0.25, -0.2) is 4.98 Å². The van der Waals surface area contributed by atoms with Gasteiger partial charge in [0.05, 0.1) is 17.1 Å². The van der Waals surface area contributed by atoms with Crippen LogP contribution in [0.5, 0.6) is 0 Å². The van der Waals surface area contributed by atoms with Crippen molar-refractivity contribution in [3.63, 3.8) is 0 Å². The Balaban J connectivity index is 1.58. The third-order valence-corrected chi connectivity index (χ3v) is 4.44. The van der Waals surface area contributed by atoms with E-state index in [1.54, 1.807) is 0 Å². The van der Waals surface area contributed by atoms with Crippen molar-refractivity contribution in [3.05, 3.63) is 30.1 Å². The van der Waals surface area contributed by atoms with E-state index in [1.165, 1.54) is 0 Å². The molecule has 22 heavy (non-hydrogen) atoms. The second kappa shape index (κ2) is 6.18. The molecule has 1 aromatic heterocycles. The standard InChI is InChI=1S/C17H20N4O/c18-12-17(9-4-1-5-10-17)16(22)19-11-8-15-20-13-6-2-3-7-14(13)21-15/h2-3,6-7H,1,4-5,8-11H2,(H,19,22)(H,20,21). The molecule has 0 saturated heterocycles. The summed E-state index contributed by atoms with van der Waals surface area (Å²) in [5, 5.41) is 12.3. The molecule has 3 rings (SSSR count). The Hall–Kier alpha value is -2.35. The molecule has 1 saturated carbocycles. The number of aromatic nitrogens is 2. The van der Waals surface area contributed by atoms with E-state index in [9.17, 15) is 10.1 Å². The van der Waals surface area contributed by atoms with Crippen LogP contribution in [0.25, 0.3) is 11.0 Å². The zero-order chi connectivity index (χ0) is 15.4. The van der Waals surface area contributed by atoms with Crippen molar-refractivity contribution >= 4 is 16.9 Å². The summed E-state index contributed by atoms with van der Waals surface area (Å²) in [5.41, 5.74) is 1.13. The molecule has 0 bridgehead atoms. The van der Waals surface area contributed by atoms with Crippen LogP contribution >= 0.6 is 0 Å². The Morgan fingerprint density at radius 3 is 2.82 bits per heavy atom. The van der Waals surface area contributed by atoms with Crippen molar-refractivity contribution < 1.29 is 4.79 Å². The minimum atomic E-state index is -0.813. The van der Waals surface area contributed by atoms with Gasteiger partial charge in [0.2, 0.25) is 5.91 Å². The summed E-state index contributed by atoms with van der Waals surface area (Å²) in [5.74, 6) is 0.738. The van der Waals surface area contributed by atoms with E-state index < -0.39 is 5.41 Å². The lowest BCUT2D eigenvalue weighted by atomic mass is 9.74. The van der Waals surface area contributed by atoms with Gasteiger partial charge in [0.15, 0.2) is 0 Å². The normalized spacial score (nSPS) is 17.0. The van der Waals surface area contributed by atoms with Crippen molar-refractivity contribution in [3.8, 4) is 6.07 Å². The number of hydrogen-bond acceptors (Lipinski definition) is 3. The molecule has 2 aromatic rings. The SMILES string of the molecule is N#CC1(C(=O)NCCc2nc3ccccc3[nH]2)CCCCC1. The summed E-state index contributed by atoms with van der Waals surface area (Å²) in [4.78, 5) is 20.1. The van der Waals surface area contributed by atoms with E-state index in [-0.39, 0.29) is 5.91 Å². The first-order valence-corrected chi connectivity index (χ1v) is 7.87. The van der Waals surface area contributed by atoms with Crippen molar-refractivity contribution in [2.24, 2.45) is 5.41 Å². The molecule has 1 heterocycles. The highest BCUT2D eigenvalue weighted by Crippen LogP contribution is 2.35. The van der Waals surface area contributed by atoms with E-state index >= 15 is 0 Å². The van der Waals surface area contributed by atoms with Crippen LogP contribution in [-0.4, -0.2) is 22.4 Å². The minimum Gasteiger partial charge on any atom is -0.354 e. The van der Waals surface area contributed by atoms with Crippen LogP contribution in [0.15, 0.2) is 24.3 Å². The van der Waals surface area contributed by atoms with Crippen molar-refractivity contribution in [2.75, 3.05) is 6.54 Å². The Morgan fingerprint density at radius 2 is 2.09 bits per heavy atom. The third kappa shape index (κ3) is 2.82. The van der Waals surface area contributed by atoms with Crippen molar-refractivity contribution in [2.45, 2.75) is 38.5 Å². The fourth-order valence-electron chi connectivity index (χ4n) is 3.13. The lowest BCUT2D eigenvalue weighted by Gasteiger charge is -2.29. The van der Waals surface area contributed by atoms with Gasteiger partial charge in [-0.2, -0.15) is 5.26 Å². The van der Waals surface area contributed by atoms with Crippen LogP contribution < -0.4 is 5.32 Å². The molecule has 114 valence electrons. The van der Waals surface area contributed by atoms with E-state index in [4.69, 9.17) is 0 Å². The van der Waals surface area contributed by atoms with E-state index in [2.05, 4.69) is 21.4 Å². The molecule has 0 radical (unpaired) electrons. The molecule has 1 aliphatic rings. The first-order valence-electron chi connectivity index (χ1n) is 7.87. The van der Waals surface area contributed by atoms with Crippen LogP contribution in [0.3, 0.4) is 0 Å². The number of para-hydroxylation sites is 2. The van der Waals surface area contributed by atoms with Gasteiger partial charge in [0.25, 0.3) is 0 Å². The highest BCUT2D eigenvalue weighted by Gasteiger charge is 2.39. The molecular weight excluding hydrogens is 276 g/mol. The molecule has 1 aliphatic carbocycles. The van der Waals surface area contributed by atoms with Crippen molar-refractivity contribution in [1.82, 2.24) is 15.3 Å². The zero-order valence-corrected chi connectivity index (χ0v) is 12.6. The summed E-state index contributed by atoms with van der Waals surface area (Å²) < 4.78 is 0. The second-order valence-electron chi connectivity index (χ2n) is 5.96. The molecule has 0 aliphatic heterocycles. The maximum atomic E-state index is 12.3. The molecule has 1 fully saturated rings. The summed E-state index contributed by atoms with van der Waals surface area (Å²) in [6.07, 6.45) is 5.05. The fraction of sp³-hybridized carbons (Fsp3) is 0.471. The Morgan fingerprint density at radius 1 is 1.32 bits per heavy atom. The smallest absolute Gasteiger partial charge is 0.240 e. The van der Waals surface area contributed by atoms with E-state index in [0.29, 0.717) is 25.8 Å². The third-order valence-electron chi connectivity index (χ3n) is 4.44. The molecule has 2 N–H and O–H groups in total. The average Bonchev–Trinajstić information content (AvgIpc) is 2.98. The summed E-state index contributed by atoms with van der Waals surface area (Å²) in [6, 6.07) is 10.1. The van der Waals surface area contributed by atoms with Gasteiger partial charge in [-0.1, -0.05) is 31.4 Å². The van der Waals surface area contributed by atoms with Gasteiger partial charge >= 0.3 is 0 Å². The highest BCUT2D eigenvalue weighted by atomic mass is 16.2. The predicted octanol–water partition coefficient (Wildman–Crippen LogP) is 2.70. The maximum Gasteiger partial charge on any atom is 0.240 e. The fourth-order valence-corrected chi connectivity index (χ4v) is 3.13. The van der Waals surface area contributed by atoms with Gasteiger partial charge in [-0.05, 0) is 25.0 Å². The number of carbonyl (C=O) groups excluding carboxylic acids is 1. The van der Waals surface area contributed by atoms with Crippen LogP contribution in [0.4, 0.5) is 0 Å². The second-order valence-corrected chi connectivity index (χ2v) is 5.96. The molecule has 0 unspecified atom stereocenters. The number of rotatable bonds is 4. The zero-order valence-electron chi connectivity index (χ0n) is 12.6. The quantitative estimate of drug-likeness (QED) is 0.910. The first kappa shape index (κ1) is 14.6. The molecule has 5 heteroatoms. The number of H-pyrrole nitrogens is 1. The number of carbonyl (C=O) groups is 1. The monoisotopic (exact) mass is 296 g/mol. The number of hydrogen-bond donors (Lipinski definition) is 2. The Labute approximate surface area is 129 Å². The number of aromatic amines is 1. The summed E-state index contributed by atoms with van der Waals surface area (Å²) in [7, 11) is 0. The molecule has 1 aromatic carbocycles. The van der Waals surface area contributed by atoms with Gasteiger partial charge < -0.3 is 10.3 Å². The topological polar surface area (TPSA) is 81.6 Å². The van der Waals surface area contributed by atoms with E-state index in [1.807, 2.05) is 24.3 Å². The number of nitrogens with zero attached hydrogens (tertiary/aromatic N) is 2. The first-order chi connectivity index (χ1) is 10.7. The maximum absolute atomic E-state index is 12.3. The summed E-state index contributed by atoms with van der Waals surface area (Å²) >= 11 is 0. The Kier molecular flexibility index (Phi) is 4.10.